The number of aryl methyl sites for hydroxylation is 1. The van der Waals surface area contributed by atoms with E-state index in [1.54, 1.807) is 0 Å². The molecule has 0 aliphatic heterocycles. The predicted molar refractivity (Wildman–Crippen MR) is 41.6 cm³/mol. The predicted octanol–water partition coefficient (Wildman–Crippen LogP) is 0.458. The summed E-state index contributed by atoms with van der Waals surface area (Å²) in [6.07, 6.45) is 1.75. The number of aromatic nitrogens is 3. The van der Waals surface area contributed by atoms with Crippen LogP contribution in [0.4, 0.5) is 0 Å². The Kier molecular flexibility index (Phi) is 2.57. The van der Waals surface area contributed by atoms with E-state index in [0.29, 0.717) is 18.0 Å². The molecule has 0 amide bonds. The van der Waals surface area contributed by atoms with Crippen LogP contribution in [0.2, 0.25) is 0 Å². The van der Waals surface area contributed by atoms with E-state index < -0.39 is 5.97 Å². The molecule has 0 saturated carbocycles. The van der Waals surface area contributed by atoms with Crippen molar-refractivity contribution in [2.24, 2.45) is 0 Å². The van der Waals surface area contributed by atoms with E-state index in [2.05, 4.69) is 22.0 Å². The number of aromatic amines is 1. The van der Waals surface area contributed by atoms with Crippen molar-refractivity contribution in [2.45, 2.75) is 13.3 Å². The molecular formula is C7H9N3O2. The van der Waals surface area contributed by atoms with Crippen LogP contribution in [0.25, 0.3) is 0 Å². The molecule has 1 aromatic rings. The fraction of sp³-hybridized carbons (Fsp3) is 0.286. The molecule has 0 aliphatic rings. The van der Waals surface area contributed by atoms with Crippen molar-refractivity contribution >= 4 is 5.97 Å². The minimum Gasteiger partial charge on any atom is -0.403 e. The van der Waals surface area contributed by atoms with Crippen LogP contribution in [0, 0.1) is 0 Å². The average Bonchev–Trinajstić information content (AvgIpc) is 2.51. The van der Waals surface area contributed by atoms with Gasteiger partial charge < -0.3 is 4.74 Å². The highest BCUT2D eigenvalue weighted by Gasteiger charge is 2.08. The average molecular weight is 167 g/mol. The van der Waals surface area contributed by atoms with Gasteiger partial charge in [-0.1, -0.05) is 18.7 Å². The van der Waals surface area contributed by atoms with Crippen LogP contribution in [0.5, 0.6) is 5.88 Å². The number of H-pyrrole nitrogens is 1. The molecule has 64 valence electrons. The number of ether oxygens (including phenoxy) is 1. The summed E-state index contributed by atoms with van der Waals surface area (Å²) < 4.78 is 4.79. The summed E-state index contributed by atoms with van der Waals surface area (Å²) in [7, 11) is 0. The fourth-order valence-corrected chi connectivity index (χ4v) is 0.696. The van der Waals surface area contributed by atoms with Crippen molar-refractivity contribution in [3.63, 3.8) is 0 Å². The van der Waals surface area contributed by atoms with Crippen molar-refractivity contribution in [2.75, 3.05) is 0 Å². The minimum atomic E-state index is -0.518. The first-order valence-electron chi connectivity index (χ1n) is 3.52. The SMILES string of the molecule is C=CC(=O)Oc1[nH]nnc1CC. The van der Waals surface area contributed by atoms with Crippen LogP contribution in [0.1, 0.15) is 12.6 Å². The first-order valence-corrected chi connectivity index (χ1v) is 3.52. The Labute approximate surface area is 69.4 Å². The minimum absolute atomic E-state index is 0.294. The molecule has 0 fully saturated rings. The fourth-order valence-electron chi connectivity index (χ4n) is 0.696. The van der Waals surface area contributed by atoms with E-state index in [-0.39, 0.29) is 0 Å². The molecule has 5 nitrogen and oxygen atoms in total. The molecule has 0 atom stereocenters. The maximum absolute atomic E-state index is 10.7. The summed E-state index contributed by atoms with van der Waals surface area (Å²) in [5.41, 5.74) is 0.630. The zero-order valence-electron chi connectivity index (χ0n) is 6.70. The first-order chi connectivity index (χ1) is 5.77. The molecule has 1 N–H and O–H groups in total. The first kappa shape index (κ1) is 8.45. The van der Waals surface area contributed by atoms with Gasteiger partial charge in [-0.2, -0.15) is 0 Å². The Hall–Kier alpha value is -1.65. The Balaban J connectivity index is 2.74. The van der Waals surface area contributed by atoms with Gasteiger partial charge in [0.15, 0.2) is 0 Å². The summed E-state index contributed by atoms with van der Waals surface area (Å²) in [4.78, 5) is 10.7. The van der Waals surface area contributed by atoms with Crippen LogP contribution in [0.15, 0.2) is 12.7 Å². The van der Waals surface area contributed by atoms with Gasteiger partial charge in [-0.25, -0.2) is 9.89 Å². The van der Waals surface area contributed by atoms with E-state index in [4.69, 9.17) is 4.74 Å². The lowest BCUT2D eigenvalue weighted by Crippen LogP contribution is -2.04. The maximum atomic E-state index is 10.7. The Bertz CT molecular complexity index is 293. The Morgan fingerprint density at radius 2 is 2.58 bits per heavy atom. The van der Waals surface area contributed by atoms with Gasteiger partial charge in [0.1, 0.15) is 5.69 Å². The molecule has 5 heteroatoms. The summed E-state index contributed by atoms with van der Waals surface area (Å²) in [5, 5.41) is 9.67. The van der Waals surface area contributed by atoms with Crippen molar-refractivity contribution in [3.05, 3.63) is 18.3 Å². The van der Waals surface area contributed by atoms with E-state index in [0.717, 1.165) is 6.08 Å². The second-order valence-electron chi connectivity index (χ2n) is 2.07. The number of carbonyl (C=O) groups excluding carboxylic acids is 1. The highest BCUT2D eigenvalue weighted by Crippen LogP contribution is 2.10. The van der Waals surface area contributed by atoms with Crippen molar-refractivity contribution in [3.8, 4) is 5.88 Å². The normalized spacial score (nSPS) is 9.42. The van der Waals surface area contributed by atoms with Gasteiger partial charge in [-0.05, 0) is 6.42 Å². The van der Waals surface area contributed by atoms with Gasteiger partial charge in [0.2, 0.25) is 5.88 Å². The molecule has 0 unspecified atom stereocenters. The lowest BCUT2D eigenvalue weighted by Gasteiger charge is -1.96. The molecule has 0 aromatic carbocycles. The molecule has 1 heterocycles. The number of hydrogen-bond acceptors (Lipinski definition) is 4. The summed E-state index contributed by atoms with van der Waals surface area (Å²) in [6.45, 7) is 5.16. The third kappa shape index (κ3) is 1.69. The zero-order valence-corrected chi connectivity index (χ0v) is 6.70. The standard InChI is InChI=1S/C7H9N3O2/c1-3-5-7(9-10-8-5)12-6(11)4-2/h4H,2-3H2,1H3,(H,8,9,10). The highest BCUT2D eigenvalue weighted by molar-refractivity contribution is 5.83. The smallest absolute Gasteiger partial charge is 0.336 e. The third-order valence-electron chi connectivity index (χ3n) is 1.29. The number of nitrogens with one attached hydrogen (secondary N) is 1. The number of esters is 1. The zero-order chi connectivity index (χ0) is 8.97. The van der Waals surface area contributed by atoms with Crippen LogP contribution in [-0.2, 0) is 11.2 Å². The quantitative estimate of drug-likeness (QED) is 0.524. The molecule has 1 rings (SSSR count). The molecule has 12 heavy (non-hydrogen) atoms. The lowest BCUT2D eigenvalue weighted by atomic mass is 10.4. The molecule has 0 radical (unpaired) electrons. The molecule has 0 spiro atoms. The van der Waals surface area contributed by atoms with Gasteiger partial charge in [-0.3, -0.25) is 0 Å². The van der Waals surface area contributed by atoms with E-state index >= 15 is 0 Å². The van der Waals surface area contributed by atoms with Crippen LogP contribution in [0.3, 0.4) is 0 Å². The van der Waals surface area contributed by atoms with Crippen LogP contribution in [-0.4, -0.2) is 21.4 Å². The van der Waals surface area contributed by atoms with E-state index in [9.17, 15) is 4.79 Å². The third-order valence-corrected chi connectivity index (χ3v) is 1.29. The van der Waals surface area contributed by atoms with Gasteiger partial charge in [-0.15, -0.1) is 5.10 Å². The lowest BCUT2D eigenvalue weighted by molar-refractivity contribution is -0.129. The van der Waals surface area contributed by atoms with Gasteiger partial charge in [0, 0.05) is 6.08 Å². The molecule has 0 aliphatic carbocycles. The van der Waals surface area contributed by atoms with E-state index in [1.165, 1.54) is 0 Å². The number of nitrogens with zero attached hydrogens (tertiary/aromatic N) is 2. The van der Waals surface area contributed by atoms with Crippen LogP contribution >= 0.6 is 0 Å². The van der Waals surface area contributed by atoms with Crippen molar-refractivity contribution < 1.29 is 9.53 Å². The second kappa shape index (κ2) is 3.66. The number of hydrogen-bond donors (Lipinski definition) is 1. The summed E-state index contributed by atoms with van der Waals surface area (Å²) in [6, 6.07) is 0. The molecule has 0 bridgehead atoms. The van der Waals surface area contributed by atoms with Gasteiger partial charge >= 0.3 is 5.97 Å². The molecule has 0 saturated heterocycles. The number of carbonyl (C=O) groups is 1. The van der Waals surface area contributed by atoms with Crippen molar-refractivity contribution in [1.82, 2.24) is 15.4 Å². The molecule has 1 aromatic heterocycles. The Morgan fingerprint density at radius 1 is 1.83 bits per heavy atom. The largest absolute Gasteiger partial charge is 0.403 e. The second-order valence-corrected chi connectivity index (χ2v) is 2.07. The van der Waals surface area contributed by atoms with Gasteiger partial charge in [0.25, 0.3) is 0 Å². The van der Waals surface area contributed by atoms with Crippen molar-refractivity contribution in [1.29, 1.82) is 0 Å². The van der Waals surface area contributed by atoms with Crippen LogP contribution < -0.4 is 4.74 Å². The topological polar surface area (TPSA) is 67.9 Å². The van der Waals surface area contributed by atoms with Gasteiger partial charge in [0.05, 0.1) is 0 Å². The maximum Gasteiger partial charge on any atom is 0.336 e. The number of rotatable bonds is 3. The summed E-state index contributed by atoms with van der Waals surface area (Å²) >= 11 is 0. The monoisotopic (exact) mass is 167 g/mol. The highest BCUT2D eigenvalue weighted by atomic mass is 16.5. The Morgan fingerprint density at radius 3 is 3.17 bits per heavy atom. The summed E-state index contributed by atoms with van der Waals surface area (Å²) in [5.74, 6) is -0.224. The molecular weight excluding hydrogens is 158 g/mol. The van der Waals surface area contributed by atoms with E-state index in [1.807, 2.05) is 6.92 Å².